The van der Waals surface area contributed by atoms with Crippen LogP contribution in [0.25, 0.3) is 0 Å². The van der Waals surface area contributed by atoms with Crippen LogP contribution in [-0.2, 0) is 0 Å². The predicted molar refractivity (Wildman–Crippen MR) is 44.8 cm³/mol. The molecule has 3 nitrogen and oxygen atoms in total. The predicted octanol–water partition coefficient (Wildman–Crippen LogP) is -0.209. The smallest absolute Gasteiger partial charge is 0.0172 e. The number of hydrogen-bond acceptors (Lipinski definition) is 3. The lowest BCUT2D eigenvalue weighted by atomic mass is 9.93. The second-order valence-corrected chi connectivity index (χ2v) is 3.82. The normalized spacial score (nSPS) is 40.1. The molecule has 11 heavy (non-hydrogen) atoms. The van der Waals surface area contributed by atoms with Gasteiger partial charge in [0.2, 0.25) is 0 Å². The fraction of sp³-hybridized carbons (Fsp3) is 1.00. The first kappa shape index (κ1) is 7.53. The molecule has 0 radical (unpaired) electrons. The van der Waals surface area contributed by atoms with E-state index in [1.165, 1.54) is 25.9 Å². The van der Waals surface area contributed by atoms with Gasteiger partial charge in [-0.25, -0.2) is 5.01 Å². The highest BCUT2D eigenvalue weighted by Crippen LogP contribution is 2.26. The van der Waals surface area contributed by atoms with Crippen LogP contribution in [-0.4, -0.2) is 31.2 Å². The molecule has 0 spiro atoms. The largest absolute Gasteiger partial charge is 0.316 e. The SMILES string of the molecule is NN1CC2CCCNCC2C1. The van der Waals surface area contributed by atoms with Gasteiger partial charge in [0.1, 0.15) is 0 Å². The molecule has 0 aliphatic carbocycles. The van der Waals surface area contributed by atoms with Crippen molar-refractivity contribution in [1.82, 2.24) is 10.3 Å². The first-order chi connectivity index (χ1) is 5.36. The van der Waals surface area contributed by atoms with Gasteiger partial charge in [-0.1, -0.05) is 0 Å². The van der Waals surface area contributed by atoms with Gasteiger partial charge in [0, 0.05) is 13.1 Å². The number of hydrazine groups is 1. The van der Waals surface area contributed by atoms with Crippen LogP contribution in [0.1, 0.15) is 12.8 Å². The lowest BCUT2D eigenvalue weighted by Crippen LogP contribution is -2.30. The summed E-state index contributed by atoms with van der Waals surface area (Å²) in [5, 5.41) is 5.43. The molecule has 0 aromatic rings. The first-order valence-corrected chi connectivity index (χ1v) is 4.56. The molecule has 0 aromatic heterocycles. The zero-order valence-corrected chi connectivity index (χ0v) is 6.92. The van der Waals surface area contributed by atoms with E-state index in [1.54, 1.807) is 0 Å². The Balaban J connectivity index is 1.96. The number of hydrogen-bond donors (Lipinski definition) is 2. The van der Waals surface area contributed by atoms with Crippen molar-refractivity contribution in [3.63, 3.8) is 0 Å². The molecule has 2 fully saturated rings. The van der Waals surface area contributed by atoms with Gasteiger partial charge in [0.05, 0.1) is 0 Å². The van der Waals surface area contributed by atoms with Crippen molar-refractivity contribution in [1.29, 1.82) is 0 Å². The molecule has 3 N–H and O–H groups in total. The zero-order valence-electron chi connectivity index (χ0n) is 6.92. The van der Waals surface area contributed by atoms with Gasteiger partial charge in [0.15, 0.2) is 0 Å². The Hall–Kier alpha value is -0.120. The van der Waals surface area contributed by atoms with E-state index in [9.17, 15) is 0 Å². The van der Waals surface area contributed by atoms with Gasteiger partial charge in [0.25, 0.3) is 0 Å². The highest BCUT2D eigenvalue weighted by atomic mass is 15.4. The Morgan fingerprint density at radius 3 is 3.00 bits per heavy atom. The summed E-state index contributed by atoms with van der Waals surface area (Å²) in [7, 11) is 0. The Bertz CT molecular complexity index is 123. The van der Waals surface area contributed by atoms with Crippen molar-refractivity contribution in [3.05, 3.63) is 0 Å². The summed E-state index contributed by atoms with van der Waals surface area (Å²) < 4.78 is 0. The highest BCUT2D eigenvalue weighted by molar-refractivity contribution is 4.84. The average Bonchev–Trinajstić information content (AvgIpc) is 2.17. The summed E-state index contributed by atoms with van der Waals surface area (Å²) in [6, 6.07) is 0. The molecule has 2 aliphatic rings. The van der Waals surface area contributed by atoms with E-state index >= 15 is 0 Å². The van der Waals surface area contributed by atoms with Crippen LogP contribution < -0.4 is 11.2 Å². The third-order valence-corrected chi connectivity index (χ3v) is 2.94. The lowest BCUT2D eigenvalue weighted by Gasteiger charge is -2.12. The summed E-state index contributed by atoms with van der Waals surface area (Å²) >= 11 is 0. The molecule has 2 atom stereocenters. The molecular formula is C8H17N3. The highest BCUT2D eigenvalue weighted by Gasteiger charge is 2.31. The summed E-state index contributed by atoms with van der Waals surface area (Å²) in [6.45, 7) is 4.60. The molecule has 0 aromatic carbocycles. The average molecular weight is 155 g/mol. The van der Waals surface area contributed by atoms with Crippen LogP contribution >= 0.6 is 0 Å². The molecule has 2 rings (SSSR count). The molecule has 64 valence electrons. The minimum Gasteiger partial charge on any atom is -0.316 e. The number of nitrogens with two attached hydrogens (primary N) is 1. The van der Waals surface area contributed by atoms with Crippen molar-refractivity contribution in [2.45, 2.75) is 12.8 Å². The van der Waals surface area contributed by atoms with Crippen LogP contribution in [0.5, 0.6) is 0 Å². The molecule has 2 heterocycles. The minimum atomic E-state index is 0.822. The third kappa shape index (κ3) is 1.55. The van der Waals surface area contributed by atoms with E-state index in [1.807, 2.05) is 5.01 Å². The Morgan fingerprint density at radius 1 is 1.27 bits per heavy atom. The minimum absolute atomic E-state index is 0.822. The van der Waals surface area contributed by atoms with Crippen molar-refractivity contribution >= 4 is 0 Å². The molecule has 2 unspecified atom stereocenters. The Labute approximate surface area is 67.9 Å². The molecule has 2 aliphatic heterocycles. The van der Waals surface area contributed by atoms with E-state index in [2.05, 4.69) is 5.32 Å². The van der Waals surface area contributed by atoms with E-state index in [4.69, 9.17) is 5.84 Å². The second-order valence-electron chi connectivity index (χ2n) is 3.82. The van der Waals surface area contributed by atoms with Gasteiger partial charge in [-0.2, -0.15) is 0 Å². The van der Waals surface area contributed by atoms with Crippen LogP contribution in [0.3, 0.4) is 0 Å². The van der Waals surface area contributed by atoms with Gasteiger partial charge in [-0.05, 0) is 37.8 Å². The number of fused-ring (bicyclic) bond motifs is 1. The van der Waals surface area contributed by atoms with Gasteiger partial charge < -0.3 is 5.32 Å². The summed E-state index contributed by atoms with van der Waals surface area (Å²) in [6.07, 6.45) is 2.69. The lowest BCUT2D eigenvalue weighted by molar-refractivity contribution is 0.328. The van der Waals surface area contributed by atoms with E-state index in [0.29, 0.717) is 0 Å². The van der Waals surface area contributed by atoms with E-state index in [-0.39, 0.29) is 0 Å². The standard InChI is InChI=1S/C8H17N3/c9-11-5-7-2-1-3-10-4-8(7)6-11/h7-8,10H,1-6,9H2. The van der Waals surface area contributed by atoms with Crippen molar-refractivity contribution < 1.29 is 0 Å². The second kappa shape index (κ2) is 3.09. The van der Waals surface area contributed by atoms with E-state index in [0.717, 1.165) is 24.9 Å². The number of rotatable bonds is 0. The maximum Gasteiger partial charge on any atom is 0.0172 e. The first-order valence-electron chi connectivity index (χ1n) is 4.56. The number of nitrogens with one attached hydrogen (secondary N) is 1. The fourth-order valence-electron chi connectivity index (χ4n) is 2.31. The van der Waals surface area contributed by atoms with Crippen LogP contribution in [0, 0.1) is 11.8 Å². The molecule has 2 saturated heterocycles. The summed E-state index contributed by atoms with van der Waals surface area (Å²) in [5.74, 6) is 7.44. The van der Waals surface area contributed by atoms with Crippen LogP contribution in [0.2, 0.25) is 0 Å². The molecule has 0 amide bonds. The van der Waals surface area contributed by atoms with Crippen LogP contribution in [0.15, 0.2) is 0 Å². The molecule has 3 heteroatoms. The fourth-order valence-corrected chi connectivity index (χ4v) is 2.31. The van der Waals surface area contributed by atoms with Crippen LogP contribution in [0.4, 0.5) is 0 Å². The topological polar surface area (TPSA) is 41.3 Å². The van der Waals surface area contributed by atoms with Gasteiger partial charge in [-0.15, -0.1) is 0 Å². The molecular weight excluding hydrogens is 138 g/mol. The number of nitrogens with zero attached hydrogens (tertiary/aromatic N) is 1. The summed E-state index contributed by atoms with van der Waals surface area (Å²) in [5.41, 5.74) is 0. The molecule has 0 saturated carbocycles. The quantitative estimate of drug-likeness (QED) is 0.476. The van der Waals surface area contributed by atoms with E-state index < -0.39 is 0 Å². The Kier molecular flexibility index (Phi) is 2.11. The monoisotopic (exact) mass is 155 g/mol. The Morgan fingerprint density at radius 2 is 2.09 bits per heavy atom. The van der Waals surface area contributed by atoms with Crippen molar-refractivity contribution in [2.75, 3.05) is 26.2 Å². The third-order valence-electron chi connectivity index (χ3n) is 2.94. The molecule has 0 bridgehead atoms. The van der Waals surface area contributed by atoms with Crippen molar-refractivity contribution in [2.24, 2.45) is 17.7 Å². The maximum absolute atomic E-state index is 5.75. The zero-order chi connectivity index (χ0) is 7.68. The maximum atomic E-state index is 5.75. The van der Waals surface area contributed by atoms with Gasteiger partial charge >= 0.3 is 0 Å². The van der Waals surface area contributed by atoms with Crippen molar-refractivity contribution in [3.8, 4) is 0 Å². The summed E-state index contributed by atoms with van der Waals surface area (Å²) in [4.78, 5) is 0. The van der Waals surface area contributed by atoms with Gasteiger partial charge in [-0.3, -0.25) is 5.84 Å².